The summed E-state index contributed by atoms with van der Waals surface area (Å²) >= 11 is 7.42. The molecular weight excluding hydrogens is 344 g/mol. The Balaban J connectivity index is 1.67. The highest BCUT2D eigenvalue weighted by Crippen LogP contribution is 2.37. The van der Waals surface area contributed by atoms with Gasteiger partial charge in [0.15, 0.2) is 6.61 Å². The normalized spacial score (nSPS) is 13.0. The number of nitrogens with one attached hydrogen (secondary N) is 1. The second-order valence-electron chi connectivity index (χ2n) is 5.77. The molecular formula is C18H17ClN2O2S. The molecule has 0 spiro atoms. The van der Waals surface area contributed by atoms with Crippen molar-refractivity contribution in [2.75, 3.05) is 11.9 Å². The summed E-state index contributed by atoms with van der Waals surface area (Å²) in [6.45, 7) is 1.77. The minimum absolute atomic E-state index is 0.101. The van der Waals surface area contributed by atoms with Crippen LogP contribution in [-0.4, -0.2) is 12.5 Å². The molecule has 2 aromatic rings. The number of nitrogens with zero attached hydrogens (tertiary/aromatic N) is 1. The Hall–Kier alpha value is -2.03. The average molecular weight is 361 g/mol. The minimum atomic E-state index is -0.264. The second-order valence-corrected chi connectivity index (χ2v) is 7.32. The standard InChI is InChI=1S/C18H17ClN2O2S/c1-11-8-12(19)6-7-15(11)23-10-17(22)21-18-14(9-20)13-4-2-3-5-16(13)24-18/h6-8H,2-5,10H2,1H3,(H,21,22). The fraction of sp³-hybridized carbons (Fsp3) is 0.333. The molecule has 0 unspecified atom stereocenters. The molecule has 0 aliphatic heterocycles. The Bertz CT molecular complexity index is 823. The van der Waals surface area contributed by atoms with Gasteiger partial charge in [0.2, 0.25) is 0 Å². The minimum Gasteiger partial charge on any atom is -0.483 e. The summed E-state index contributed by atoms with van der Waals surface area (Å²) in [4.78, 5) is 13.4. The molecule has 4 nitrogen and oxygen atoms in total. The van der Waals surface area contributed by atoms with E-state index in [0.717, 1.165) is 36.8 Å². The maximum absolute atomic E-state index is 12.2. The van der Waals surface area contributed by atoms with Gasteiger partial charge in [-0.05, 0) is 61.9 Å². The predicted molar refractivity (Wildman–Crippen MR) is 96.0 cm³/mol. The van der Waals surface area contributed by atoms with Gasteiger partial charge in [0.1, 0.15) is 16.8 Å². The van der Waals surface area contributed by atoms with Gasteiger partial charge >= 0.3 is 0 Å². The zero-order valence-electron chi connectivity index (χ0n) is 13.3. The van der Waals surface area contributed by atoms with Crippen molar-refractivity contribution in [2.45, 2.75) is 32.6 Å². The molecule has 1 heterocycles. The number of amides is 1. The summed E-state index contributed by atoms with van der Waals surface area (Å²) in [6.07, 6.45) is 4.16. The summed E-state index contributed by atoms with van der Waals surface area (Å²) in [7, 11) is 0. The van der Waals surface area contributed by atoms with Crippen LogP contribution in [0.1, 0.15) is 34.4 Å². The highest BCUT2D eigenvalue weighted by Gasteiger charge is 2.21. The molecule has 1 aromatic carbocycles. The number of aryl methyl sites for hydroxylation is 2. The maximum atomic E-state index is 12.2. The monoisotopic (exact) mass is 360 g/mol. The number of benzene rings is 1. The van der Waals surface area contributed by atoms with Crippen molar-refractivity contribution in [3.63, 3.8) is 0 Å². The van der Waals surface area contributed by atoms with E-state index in [0.29, 0.717) is 21.3 Å². The molecule has 1 N–H and O–H groups in total. The van der Waals surface area contributed by atoms with Crippen LogP contribution in [0, 0.1) is 18.3 Å². The van der Waals surface area contributed by atoms with E-state index >= 15 is 0 Å². The van der Waals surface area contributed by atoms with Crippen LogP contribution in [0.15, 0.2) is 18.2 Å². The first-order chi connectivity index (χ1) is 11.6. The van der Waals surface area contributed by atoms with E-state index in [1.54, 1.807) is 18.2 Å². The van der Waals surface area contributed by atoms with E-state index in [1.165, 1.54) is 16.2 Å². The third-order valence-corrected chi connectivity index (χ3v) is 5.47. The summed E-state index contributed by atoms with van der Waals surface area (Å²) in [6, 6.07) is 7.50. The van der Waals surface area contributed by atoms with E-state index in [-0.39, 0.29) is 12.5 Å². The first-order valence-corrected chi connectivity index (χ1v) is 9.01. The molecule has 0 bridgehead atoms. The third-order valence-electron chi connectivity index (χ3n) is 4.03. The number of halogens is 1. The van der Waals surface area contributed by atoms with E-state index < -0.39 is 0 Å². The quantitative estimate of drug-likeness (QED) is 0.874. The van der Waals surface area contributed by atoms with E-state index in [4.69, 9.17) is 16.3 Å². The van der Waals surface area contributed by atoms with Gasteiger partial charge in [0.25, 0.3) is 5.91 Å². The first-order valence-electron chi connectivity index (χ1n) is 7.82. The zero-order chi connectivity index (χ0) is 17.1. The van der Waals surface area contributed by atoms with E-state index in [2.05, 4.69) is 11.4 Å². The predicted octanol–water partition coefficient (Wildman–Crippen LogP) is 4.48. The van der Waals surface area contributed by atoms with Crippen molar-refractivity contribution in [3.8, 4) is 11.8 Å². The summed E-state index contributed by atoms with van der Waals surface area (Å²) < 4.78 is 5.55. The van der Waals surface area contributed by atoms with Crippen molar-refractivity contribution in [3.05, 3.63) is 44.8 Å². The van der Waals surface area contributed by atoms with Gasteiger partial charge in [-0.15, -0.1) is 11.3 Å². The van der Waals surface area contributed by atoms with Gasteiger partial charge in [-0.3, -0.25) is 4.79 Å². The topological polar surface area (TPSA) is 62.1 Å². The molecule has 1 aliphatic carbocycles. The summed E-state index contributed by atoms with van der Waals surface area (Å²) in [5, 5.41) is 13.5. The molecule has 6 heteroatoms. The van der Waals surface area contributed by atoms with E-state index in [1.807, 2.05) is 6.92 Å². The average Bonchev–Trinajstić information content (AvgIpc) is 2.90. The van der Waals surface area contributed by atoms with Crippen LogP contribution >= 0.6 is 22.9 Å². The molecule has 24 heavy (non-hydrogen) atoms. The van der Waals surface area contributed by atoms with Crippen molar-refractivity contribution < 1.29 is 9.53 Å². The van der Waals surface area contributed by atoms with Crippen LogP contribution in [0.3, 0.4) is 0 Å². The number of fused-ring (bicyclic) bond motifs is 1. The smallest absolute Gasteiger partial charge is 0.262 e. The van der Waals surface area contributed by atoms with Crippen LogP contribution in [0.25, 0.3) is 0 Å². The third kappa shape index (κ3) is 3.55. The van der Waals surface area contributed by atoms with Crippen LogP contribution in [0.5, 0.6) is 5.75 Å². The molecule has 1 aliphatic rings. The van der Waals surface area contributed by atoms with Gasteiger partial charge < -0.3 is 10.1 Å². The number of carbonyl (C=O) groups is 1. The lowest BCUT2D eigenvalue weighted by Gasteiger charge is -2.10. The van der Waals surface area contributed by atoms with Crippen molar-refractivity contribution >= 4 is 33.8 Å². The summed E-state index contributed by atoms with van der Waals surface area (Å²) in [5.41, 5.74) is 2.60. The highest BCUT2D eigenvalue weighted by molar-refractivity contribution is 7.16. The number of nitriles is 1. The number of thiophene rings is 1. The van der Waals surface area contributed by atoms with Crippen molar-refractivity contribution in [1.29, 1.82) is 5.26 Å². The van der Waals surface area contributed by atoms with E-state index in [9.17, 15) is 10.1 Å². The SMILES string of the molecule is Cc1cc(Cl)ccc1OCC(=O)Nc1sc2c(c1C#N)CCCC2. The van der Waals surface area contributed by atoms with Gasteiger partial charge in [-0.2, -0.15) is 5.26 Å². The van der Waals surface area contributed by atoms with Crippen LogP contribution in [-0.2, 0) is 17.6 Å². The molecule has 0 saturated carbocycles. The number of anilines is 1. The molecule has 0 atom stereocenters. The van der Waals surface area contributed by atoms with Gasteiger partial charge in [0.05, 0.1) is 5.56 Å². The second kappa shape index (κ2) is 7.25. The molecule has 0 saturated heterocycles. The molecule has 1 aromatic heterocycles. The Labute approximate surface area is 150 Å². The fourth-order valence-electron chi connectivity index (χ4n) is 2.85. The lowest BCUT2D eigenvalue weighted by molar-refractivity contribution is -0.118. The Morgan fingerprint density at radius 2 is 2.21 bits per heavy atom. The largest absolute Gasteiger partial charge is 0.483 e. The lowest BCUT2D eigenvalue weighted by Crippen LogP contribution is -2.20. The zero-order valence-corrected chi connectivity index (χ0v) is 14.9. The van der Waals surface area contributed by atoms with Gasteiger partial charge in [0, 0.05) is 9.90 Å². The fourth-order valence-corrected chi connectivity index (χ4v) is 4.34. The number of rotatable bonds is 4. The Morgan fingerprint density at radius 3 is 2.96 bits per heavy atom. The number of hydrogen-bond donors (Lipinski definition) is 1. The van der Waals surface area contributed by atoms with Crippen LogP contribution in [0.2, 0.25) is 5.02 Å². The first kappa shape index (κ1) is 16.8. The Morgan fingerprint density at radius 1 is 1.42 bits per heavy atom. The van der Waals surface area contributed by atoms with Crippen molar-refractivity contribution in [1.82, 2.24) is 0 Å². The maximum Gasteiger partial charge on any atom is 0.262 e. The Kier molecular flexibility index (Phi) is 5.08. The van der Waals surface area contributed by atoms with Gasteiger partial charge in [-0.25, -0.2) is 0 Å². The summed E-state index contributed by atoms with van der Waals surface area (Å²) in [5.74, 6) is 0.361. The van der Waals surface area contributed by atoms with Gasteiger partial charge in [-0.1, -0.05) is 11.6 Å². The number of carbonyl (C=O) groups excluding carboxylic acids is 1. The van der Waals surface area contributed by atoms with Crippen LogP contribution < -0.4 is 10.1 Å². The highest BCUT2D eigenvalue weighted by atomic mass is 35.5. The molecule has 0 fully saturated rings. The van der Waals surface area contributed by atoms with Crippen molar-refractivity contribution in [2.24, 2.45) is 0 Å². The van der Waals surface area contributed by atoms with Crippen LogP contribution in [0.4, 0.5) is 5.00 Å². The lowest BCUT2D eigenvalue weighted by atomic mass is 9.96. The number of ether oxygens (including phenoxy) is 1. The molecule has 124 valence electrons. The number of hydrogen-bond acceptors (Lipinski definition) is 4. The molecule has 3 rings (SSSR count). The molecule has 0 radical (unpaired) electrons. The molecule has 1 amide bonds.